The summed E-state index contributed by atoms with van der Waals surface area (Å²) in [6.07, 6.45) is 8.20. The minimum Gasteiger partial charge on any atom is -0.413 e. The quantitative estimate of drug-likeness (QED) is 0.0693. The molecule has 2 aliphatic heterocycles. The van der Waals surface area contributed by atoms with Crippen LogP contribution in [0.3, 0.4) is 0 Å². The molecule has 0 saturated carbocycles. The lowest BCUT2D eigenvalue weighted by Gasteiger charge is -2.28. The zero-order valence-corrected chi connectivity index (χ0v) is 40.5. The molecule has 3 N–H and O–H groups in total. The van der Waals surface area contributed by atoms with Gasteiger partial charge >= 0.3 is 15.5 Å². The largest absolute Gasteiger partial charge is 0.459 e. The van der Waals surface area contributed by atoms with Crippen molar-refractivity contribution in [3.8, 4) is 11.4 Å². The molecule has 14 nitrogen and oxygen atoms in total. The number of aromatic nitrogens is 2. The lowest BCUT2D eigenvalue weighted by Crippen LogP contribution is -2.30. The van der Waals surface area contributed by atoms with Crippen molar-refractivity contribution in [2.45, 2.75) is 73.2 Å². The van der Waals surface area contributed by atoms with Gasteiger partial charge in [-0.1, -0.05) is 54.6 Å². The van der Waals surface area contributed by atoms with Crippen LogP contribution in [0.25, 0.3) is 27.5 Å². The van der Waals surface area contributed by atoms with E-state index in [1.807, 2.05) is 59.4 Å². The minimum atomic E-state index is -4.39. The summed E-state index contributed by atoms with van der Waals surface area (Å²) in [7, 11) is -14.2. The van der Waals surface area contributed by atoms with Crippen LogP contribution in [-0.2, 0) is 59.0 Å². The second-order valence-electron chi connectivity index (χ2n) is 17.4. The van der Waals surface area contributed by atoms with Gasteiger partial charge in [0.15, 0.2) is 19.7 Å². The third kappa shape index (κ3) is 10.3. The molecule has 0 amide bonds. The van der Waals surface area contributed by atoms with Crippen molar-refractivity contribution in [2.24, 2.45) is 0 Å². The van der Waals surface area contributed by atoms with Gasteiger partial charge in [-0.2, -0.15) is 4.67 Å². The van der Waals surface area contributed by atoms with E-state index in [0.29, 0.717) is 62.2 Å². The second kappa shape index (κ2) is 19.3. The number of aromatic amines is 1. The number of H-pyrrole nitrogens is 1. The molecular formula is C49H54N4O10P2S2. The van der Waals surface area contributed by atoms with Crippen molar-refractivity contribution in [1.29, 1.82) is 0 Å². The predicted octanol–water partition coefficient (Wildman–Crippen LogP) is 9.08. The maximum Gasteiger partial charge on any atom is 0.459 e. The molecule has 4 atom stereocenters. The Balaban J connectivity index is 0.949. The Morgan fingerprint density at radius 2 is 1.22 bits per heavy atom. The summed E-state index contributed by atoms with van der Waals surface area (Å²) in [4.78, 5) is 26.2. The van der Waals surface area contributed by atoms with Crippen LogP contribution in [0.5, 0.6) is 5.75 Å². The Morgan fingerprint density at radius 1 is 0.657 bits per heavy atom. The van der Waals surface area contributed by atoms with Gasteiger partial charge in [0, 0.05) is 72.7 Å². The SMILES string of the molecule is COP(=O)(O)N1CCCC1Cc1cn(-c2cccc(OP(=O)(O)N3CCCC3Cc3c[nH]c4ccc(CCS(=O)(=O)c5ccccc5)cc34)c2)c2ccc(CCS(=O)(=O)c3ccccc3)cc12. The second-order valence-corrected chi connectivity index (χ2v) is 25.2. The molecule has 0 spiro atoms. The summed E-state index contributed by atoms with van der Waals surface area (Å²) >= 11 is 0. The molecule has 9 rings (SSSR count). The first kappa shape index (κ1) is 47.2. The van der Waals surface area contributed by atoms with Gasteiger partial charge in [-0.3, -0.25) is 0 Å². The molecule has 7 aromatic rings. The number of hydrogen-bond donors (Lipinski definition) is 3. The maximum absolute atomic E-state index is 14.3. The molecule has 2 aromatic heterocycles. The van der Waals surface area contributed by atoms with E-state index in [2.05, 4.69) is 4.98 Å². The first-order valence-electron chi connectivity index (χ1n) is 22.4. The highest BCUT2D eigenvalue weighted by atomic mass is 32.2. The number of nitrogens with zero attached hydrogens (tertiary/aromatic N) is 3. The number of aryl methyl sites for hydroxylation is 2. The smallest absolute Gasteiger partial charge is 0.413 e. The Kier molecular flexibility index (Phi) is 13.6. The number of benzene rings is 5. The molecule has 5 aromatic carbocycles. The normalized spacial score (nSPS) is 19.2. The van der Waals surface area contributed by atoms with Crippen molar-refractivity contribution in [1.82, 2.24) is 18.9 Å². The molecule has 352 valence electrons. The van der Waals surface area contributed by atoms with E-state index in [1.165, 1.54) is 11.8 Å². The van der Waals surface area contributed by atoms with Crippen LogP contribution in [-0.4, -0.2) is 89.3 Å². The van der Waals surface area contributed by atoms with Crippen LogP contribution in [0, 0.1) is 0 Å². The van der Waals surface area contributed by atoms with Crippen molar-refractivity contribution in [2.75, 3.05) is 31.7 Å². The minimum absolute atomic E-state index is 0.0275. The summed E-state index contributed by atoms with van der Waals surface area (Å²) < 4.78 is 95.9. The van der Waals surface area contributed by atoms with Gasteiger partial charge < -0.3 is 28.4 Å². The summed E-state index contributed by atoms with van der Waals surface area (Å²) in [6.45, 7) is 0.782. The monoisotopic (exact) mass is 984 g/mol. The van der Waals surface area contributed by atoms with E-state index >= 15 is 0 Å². The number of sulfone groups is 2. The standard InChI is InChI=1S/C49H54N4O10P2S2/c1-62-64(54,55)52-25-9-13-42(52)32-39-35-51(49-22-20-37(30-47(39)49)24-28-67(60,61)45-17-6-3-7-18-45)40-11-8-14-43(33-40)63-65(56,57)53-26-10-12-41(53)31-38-34-50-48-21-19-36(29-46(38)48)23-27-66(58,59)44-15-4-2-5-16-44/h2-8,11,14-22,29-30,33-35,41-42,50H,9-10,12-13,23-28,31-32H2,1H3,(H,54,55)(H,56,57). The summed E-state index contributed by atoms with van der Waals surface area (Å²) in [6, 6.07) is 34.9. The molecule has 4 unspecified atom stereocenters. The molecule has 0 radical (unpaired) electrons. The molecule has 2 saturated heterocycles. The van der Waals surface area contributed by atoms with Crippen LogP contribution in [0.2, 0.25) is 0 Å². The topological polar surface area (TPSA) is 189 Å². The molecule has 2 aliphatic rings. The number of fused-ring (bicyclic) bond motifs is 2. The summed E-state index contributed by atoms with van der Waals surface area (Å²) in [5.74, 6) is 0.0903. The van der Waals surface area contributed by atoms with E-state index in [-0.39, 0.29) is 40.7 Å². The van der Waals surface area contributed by atoms with Crippen LogP contribution < -0.4 is 4.52 Å². The number of hydrogen-bond acceptors (Lipinski definition) is 8. The van der Waals surface area contributed by atoms with Gasteiger partial charge in [0.1, 0.15) is 5.75 Å². The third-order valence-electron chi connectivity index (χ3n) is 13.1. The molecule has 2 fully saturated rings. The first-order valence-corrected chi connectivity index (χ1v) is 28.8. The van der Waals surface area contributed by atoms with Crippen LogP contribution >= 0.6 is 15.5 Å². The number of nitrogens with one attached hydrogen (secondary N) is 1. The van der Waals surface area contributed by atoms with E-state index in [9.17, 15) is 35.8 Å². The van der Waals surface area contributed by atoms with E-state index in [0.717, 1.165) is 50.5 Å². The molecule has 0 bridgehead atoms. The predicted molar refractivity (Wildman–Crippen MR) is 260 cm³/mol. The van der Waals surface area contributed by atoms with Gasteiger partial charge in [0.25, 0.3) is 0 Å². The summed E-state index contributed by atoms with van der Waals surface area (Å²) in [5, 5.41) is 1.79. The fourth-order valence-corrected chi connectivity index (χ4v) is 15.0. The van der Waals surface area contributed by atoms with Crippen molar-refractivity contribution in [3.63, 3.8) is 0 Å². The van der Waals surface area contributed by atoms with E-state index in [4.69, 9.17) is 9.05 Å². The Hall–Kier alpha value is -4.86. The molecular weight excluding hydrogens is 931 g/mol. The molecule has 0 aliphatic carbocycles. The maximum atomic E-state index is 14.3. The summed E-state index contributed by atoms with van der Waals surface area (Å²) in [5.41, 5.74) is 5.90. The van der Waals surface area contributed by atoms with Crippen LogP contribution in [0.15, 0.2) is 144 Å². The van der Waals surface area contributed by atoms with Gasteiger partial charge in [-0.15, -0.1) is 0 Å². The van der Waals surface area contributed by atoms with Gasteiger partial charge in [-0.25, -0.2) is 30.6 Å². The highest BCUT2D eigenvalue weighted by molar-refractivity contribution is 7.91. The van der Waals surface area contributed by atoms with Crippen LogP contribution in [0.4, 0.5) is 0 Å². The van der Waals surface area contributed by atoms with Crippen molar-refractivity contribution >= 4 is 57.0 Å². The third-order valence-corrected chi connectivity index (χ3v) is 19.9. The Bertz CT molecular complexity index is 3240. The van der Waals surface area contributed by atoms with Crippen molar-refractivity contribution < 1.29 is 44.8 Å². The zero-order chi connectivity index (χ0) is 47.0. The Labute approximate surface area is 391 Å². The molecule has 18 heteroatoms. The highest BCUT2D eigenvalue weighted by Gasteiger charge is 2.41. The van der Waals surface area contributed by atoms with Gasteiger partial charge in [0.05, 0.1) is 26.8 Å². The van der Waals surface area contributed by atoms with Gasteiger partial charge in [0.2, 0.25) is 0 Å². The Morgan fingerprint density at radius 3 is 1.84 bits per heavy atom. The lowest BCUT2D eigenvalue weighted by molar-refractivity contribution is 0.227. The van der Waals surface area contributed by atoms with Gasteiger partial charge in [-0.05, 0) is 134 Å². The van der Waals surface area contributed by atoms with Crippen LogP contribution in [0.1, 0.15) is 47.9 Å². The zero-order valence-electron chi connectivity index (χ0n) is 37.1. The fourth-order valence-electron chi connectivity index (χ4n) is 9.64. The fraction of sp³-hybridized carbons (Fsp3) is 0.306. The lowest BCUT2D eigenvalue weighted by atomic mass is 10.0. The molecule has 67 heavy (non-hydrogen) atoms. The average molecular weight is 985 g/mol. The highest BCUT2D eigenvalue weighted by Crippen LogP contribution is 2.52. The molecule has 4 heterocycles. The number of rotatable bonds is 18. The van der Waals surface area contributed by atoms with E-state index < -0.39 is 35.2 Å². The average Bonchev–Trinajstić information content (AvgIpc) is 4.16. The van der Waals surface area contributed by atoms with Crippen molar-refractivity contribution in [3.05, 3.63) is 156 Å². The first-order chi connectivity index (χ1) is 32.1. The van der Waals surface area contributed by atoms with E-state index in [1.54, 1.807) is 83.5 Å².